The average molecular weight is 162 g/mol. The van der Waals surface area contributed by atoms with Gasteiger partial charge < -0.3 is 5.11 Å². The lowest BCUT2D eigenvalue weighted by Crippen LogP contribution is -1.84. The second-order valence-corrected chi connectivity index (χ2v) is 2.82. The highest BCUT2D eigenvalue weighted by Gasteiger charge is 2.04. The van der Waals surface area contributed by atoms with Crippen LogP contribution in [0.15, 0.2) is 18.2 Å². The van der Waals surface area contributed by atoms with E-state index in [1.165, 1.54) is 0 Å². The topological polar surface area (TPSA) is 48.9 Å². The molecule has 12 heavy (non-hydrogen) atoms. The van der Waals surface area contributed by atoms with Gasteiger partial charge in [-0.2, -0.15) is 5.10 Å². The molecule has 2 N–H and O–H groups in total. The van der Waals surface area contributed by atoms with Crippen molar-refractivity contribution in [1.29, 1.82) is 0 Å². The number of nitrogens with one attached hydrogen (secondary N) is 1. The zero-order valence-corrected chi connectivity index (χ0v) is 6.83. The monoisotopic (exact) mass is 162 g/mol. The minimum absolute atomic E-state index is 0.0672. The molecule has 62 valence electrons. The Kier molecular flexibility index (Phi) is 1.59. The van der Waals surface area contributed by atoms with Crippen molar-refractivity contribution in [3.05, 3.63) is 29.5 Å². The van der Waals surface area contributed by atoms with E-state index in [0.29, 0.717) is 0 Å². The summed E-state index contributed by atoms with van der Waals surface area (Å²) >= 11 is 0. The third-order valence-electron chi connectivity index (χ3n) is 2.02. The third-order valence-corrected chi connectivity index (χ3v) is 2.02. The fourth-order valence-electron chi connectivity index (χ4n) is 1.44. The molecule has 0 amide bonds. The van der Waals surface area contributed by atoms with E-state index in [2.05, 4.69) is 10.2 Å². The van der Waals surface area contributed by atoms with Crippen LogP contribution in [0.4, 0.5) is 0 Å². The van der Waals surface area contributed by atoms with E-state index in [0.717, 1.165) is 22.2 Å². The van der Waals surface area contributed by atoms with Crippen LogP contribution in [0.5, 0.6) is 0 Å². The highest BCUT2D eigenvalue weighted by atomic mass is 16.3. The van der Waals surface area contributed by atoms with Gasteiger partial charge in [-0.15, -0.1) is 0 Å². The lowest BCUT2D eigenvalue weighted by atomic mass is 10.1. The van der Waals surface area contributed by atoms with Gasteiger partial charge in [0.05, 0.1) is 12.1 Å². The molecule has 2 aromatic rings. The molecular formula is C9H10N2O. The van der Waals surface area contributed by atoms with Crippen molar-refractivity contribution < 1.29 is 5.11 Å². The van der Waals surface area contributed by atoms with E-state index < -0.39 is 0 Å². The molecule has 2 rings (SSSR count). The first-order valence-corrected chi connectivity index (χ1v) is 3.86. The Hall–Kier alpha value is -1.35. The van der Waals surface area contributed by atoms with Crippen molar-refractivity contribution in [2.24, 2.45) is 0 Å². The highest BCUT2D eigenvalue weighted by Crippen LogP contribution is 2.19. The number of nitrogens with zero attached hydrogens (tertiary/aromatic N) is 1. The summed E-state index contributed by atoms with van der Waals surface area (Å²) in [6.07, 6.45) is 0. The van der Waals surface area contributed by atoms with E-state index in [1.54, 1.807) is 0 Å². The maximum absolute atomic E-state index is 9.04. The second kappa shape index (κ2) is 2.60. The molecule has 0 radical (unpaired) electrons. The van der Waals surface area contributed by atoms with Crippen LogP contribution in [0, 0.1) is 6.92 Å². The van der Waals surface area contributed by atoms with Crippen LogP contribution in [0.3, 0.4) is 0 Å². The van der Waals surface area contributed by atoms with E-state index in [-0.39, 0.29) is 6.61 Å². The number of aliphatic hydroxyl groups is 1. The fraction of sp³-hybridized carbons (Fsp3) is 0.222. The predicted molar refractivity (Wildman–Crippen MR) is 46.8 cm³/mol. The molecule has 0 aliphatic carbocycles. The molecule has 3 heteroatoms. The van der Waals surface area contributed by atoms with Gasteiger partial charge in [-0.25, -0.2) is 0 Å². The van der Waals surface area contributed by atoms with E-state index in [1.807, 2.05) is 25.1 Å². The predicted octanol–water partition coefficient (Wildman–Crippen LogP) is 1.36. The average Bonchev–Trinajstić information content (AvgIpc) is 2.48. The first kappa shape index (κ1) is 7.31. The van der Waals surface area contributed by atoms with Crippen molar-refractivity contribution in [2.75, 3.05) is 0 Å². The van der Waals surface area contributed by atoms with E-state index in [9.17, 15) is 0 Å². The number of aromatic nitrogens is 2. The number of hydrogen-bond acceptors (Lipinski definition) is 2. The molecule has 1 aromatic heterocycles. The number of rotatable bonds is 1. The Morgan fingerprint density at radius 3 is 3.08 bits per heavy atom. The summed E-state index contributed by atoms with van der Waals surface area (Å²) in [4.78, 5) is 0. The molecule has 0 atom stereocenters. The SMILES string of the molecule is Cc1[nH]nc2cccc(CO)c12. The van der Waals surface area contributed by atoms with Gasteiger partial charge in [0, 0.05) is 11.1 Å². The fourth-order valence-corrected chi connectivity index (χ4v) is 1.44. The lowest BCUT2D eigenvalue weighted by molar-refractivity contribution is 0.283. The number of aryl methyl sites for hydroxylation is 1. The zero-order valence-electron chi connectivity index (χ0n) is 6.83. The third kappa shape index (κ3) is 0.905. The van der Waals surface area contributed by atoms with Gasteiger partial charge in [0.15, 0.2) is 0 Å². The summed E-state index contributed by atoms with van der Waals surface area (Å²) in [5, 5.41) is 17.1. The summed E-state index contributed by atoms with van der Waals surface area (Å²) in [5.74, 6) is 0. The van der Waals surface area contributed by atoms with Crippen LogP contribution in [0.2, 0.25) is 0 Å². The number of fused-ring (bicyclic) bond motifs is 1. The van der Waals surface area contributed by atoms with Gasteiger partial charge in [-0.05, 0) is 18.6 Å². The Labute approximate surface area is 70.0 Å². The van der Waals surface area contributed by atoms with Crippen molar-refractivity contribution in [2.45, 2.75) is 13.5 Å². The number of hydrogen-bond donors (Lipinski definition) is 2. The van der Waals surface area contributed by atoms with Gasteiger partial charge in [0.25, 0.3) is 0 Å². The molecule has 1 aromatic carbocycles. The molecule has 3 nitrogen and oxygen atoms in total. The van der Waals surface area contributed by atoms with Crippen LogP contribution in [-0.2, 0) is 6.61 Å². The van der Waals surface area contributed by atoms with Crippen LogP contribution >= 0.6 is 0 Å². The van der Waals surface area contributed by atoms with Gasteiger partial charge in [0.2, 0.25) is 0 Å². The molecule has 0 aliphatic heterocycles. The second-order valence-electron chi connectivity index (χ2n) is 2.82. The van der Waals surface area contributed by atoms with Crippen molar-refractivity contribution in [3.8, 4) is 0 Å². The molecule has 1 heterocycles. The number of aliphatic hydroxyl groups excluding tert-OH is 1. The summed E-state index contributed by atoms with van der Waals surface area (Å²) in [7, 11) is 0. The number of benzene rings is 1. The van der Waals surface area contributed by atoms with Crippen molar-refractivity contribution >= 4 is 10.9 Å². The molecular weight excluding hydrogens is 152 g/mol. The normalized spacial score (nSPS) is 10.8. The summed E-state index contributed by atoms with van der Waals surface area (Å²) in [5.41, 5.74) is 2.85. The van der Waals surface area contributed by atoms with E-state index in [4.69, 9.17) is 5.11 Å². The van der Waals surface area contributed by atoms with Crippen LogP contribution in [0.25, 0.3) is 10.9 Å². The van der Waals surface area contributed by atoms with Gasteiger partial charge >= 0.3 is 0 Å². The van der Waals surface area contributed by atoms with Crippen molar-refractivity contribution in [1.82, 2.24) is 10.2 Å². The Bertz CT molecular complexity index is 406. The van der Waals surface area contributed by atoms with Gasteiger partial charge in [-0.3, -0.25) is 5.10 Å². The molecule has 0 spiro atoms. The smallest absolute Gasteiger partial charge is 0.0927 e. The molecule has 0 unspecified atom stereocenters. The number of aromatic amines is 1. The Morgan fingerprint density at radius 1 is 1.50 bits per heavy atom. The van der Waals surface area contributed by atoms with Gasteiger partial charge in [-0.1, -0.05) is 12.1 Å². The zero-order chi connectivity index (χ0) is 8.55. The largest absolute Gasteiger partial charge is 0.392 e. The highest BCUT2D eigenvalue weighted by molar-refractivity contribution is 5.84. The van der Waals surface area contributed by atoms with Crippen LogP contribution in [0.1, 0.15) is 11.3 Å². The first-order valence-electron chi connectivity index (χ1n) is 3.86. The van der Waals surface area contributed by atoms with Gasteiger partial charge in [0.1, 0.15) is 0 Å². The number of H-pyrrole nitrogens is 1. The minimum Gasteiger partial charge on any atom is -0.392 e. The first-order chi connectivity index (χ1) is 5.83. The molecule has 0 saturated heterocycles. The maximum atomic E-state index is 9.04. The quantitative estimate of drug-likeness (QED) is 0.665. The van der Waals surface area contributed by atoms with E-state index >= 15 is 0 Å². The van der Waals surface area contributed by atoms with Crippen molar-refractivity contribution in [3.63, 3.8) is 0 Å². The Balaban J connectivity index is 2.84. The summed E-state index contributed by atoms with van der Waals surface area (Å²) in [6, 6.07) is 5.73. The molecule has 0 aliphatic rings. The lowest BCUT2D eigenvalue weighted by Gasteiger charge is -1.97. The van der Waals surface area contributed by atoms with Crippen LogP contribution in [-0.4, -0.2) is 15.3 Å². The minimum atomic E-state index is 0.0672. The summed E-state index contributed by atoms with van der Waals surface area (Å²) < 4.78 is 0. The maximum Gasteiger partial charge on any atom is 0.0927 e. The molecule has 0 bridgehead atoms. The standard InChI is InChI=1S/C9H10N2O/c1-6-9-7(5-12)3-2-4-8(9)11-10-6/h2-4,12H,5H2,1H3,(H,10,11). The van der Waals surface area contributed by atoms with Crippen LogP contribution < -0.4 is 0 Å². The molecule has 0 fully saturated rings. The summed E-state index contributed by atoms with van der Waals surface area (Å²) in [6.45, 7) is 2.02. The Morgan fingerprint density at radius 2 is 2.33 bits per heavy atom. The molecule has 0 saturated carbocycles.